The molecule has 2 aromatic rings. The normalized spacial score (nSPS) is 18.9. The summed E-state index contributed by atoms with van der Waals surface area (Å²) in [5, 5.41) is 5.70. The Labute approximate surface area is 138 Å². The highest BCUT2D eigenvalue weighted by Gasteiger charge is 2.17. The van der Waals surface area contributed by atoms with Crippen LogP contribution in [-0.2, 0) is 11.2 Å². The molecule has 118 valence electrons. The topological polar surface area (TPSA) is 9.23 Å². The number of rotatable bonds is 4. The number of fused-ring (bicyclic) bond motifs is 5. The van der Waals surface area contributed by atoms with Crippen molar-refractivity contribution < 1.29 is 4.74 Å². The number of hydrogen-bond donors (Lipinski definition) is 0. The molecule has 1 nitrogen and oxygen atoms in total. The summed E-state index contributed by atoms with van der Waals surface area (Å²) in [5.41, 5.74) is 2.95. The Morgan fingerprint density at radius 1 is 1.04 bits per heavy atom. The van der Waals surface area contributed by atoms with Gasteiger partial charge < -0.3 is 4.74 Å². The molecule has 23 heavy (non-hydrogen) atoms. The van der Waals surface area contributed by atoms with Crippen LogP contribution in [0.4, 0.5) is 0 Å². The Balaban J connectivity index is 1.76. The van der Waals surface area contributed by atoms with Gasteiger partial charge in [-0.1, -0.05) is 48.6 Å². The molecule has 1 unspecified atom stereocenters. The zero-order chi connectivity index (χ0) is 15.6. The van der Waals surface area contributed by atoms with Gasteiger partial charge in [0.25, 0.3) is 0 Å². The average Bonchev–Trinajstić information content (AvgIpc) is 2.61. The molecule has 0 amide bonds. The first-order valence-electron chi connectivity index (χ1n) is 8.77. The van der Waals surface area contributed by atoms with Crippen molar-refractivity contribution in [1.29, 1.82) is 0 Å². The van der Waals surface area contributed by atoms with Gasteiger partial charge in [0.2, 0.25) is 0 Å². The van der Waals surface area contributed by atoms with E-state index in [2.05, 4.69) is 48.6 Å². The van der Waals surface area contributed by atoms with E-state index >= 15 is 0 Å². The highest BCUT2D eigenvalue weighted by Crippen LogP contribution is 2.27. The van der Waals surface area contributed by atoms with Gasteiger partial charge in [0.15, 0.2) is 0 Å². The highest BCUT2D eigenvalue weighted by atomic mass is 16.5. The van der Waals surface area contributed by atoms with E-state index in [4.69, 9.17) is 4.74 Å². The van der Waals surface area contributed by atoms with E-state index in [9.17, 15) is 0 Å². The fourth-order valence-corrected chi connectivity index (χ4v) is 4.09. The van der Waals surface area contributed by atoms with Gasteiger partial charge in [0.05, 0.1) is 0 Å². The van der Waals surface area contributed by atoms with Crippen LogP contribution in [0, 0.1) is 5.92 Å². The Bertz CT molecular complexity index is 873. The fourth-order valence-electron chi connectivity index (χ4n) is 4.09. The first-order chi connectivity index (χ1) is 11.4. The summed E-state index contributed by atoms with van der Waals surface area (Å²) >= 11 is 0. The van der Waals surface area contributed by atoms with Gasteiger partial charge in [0.1, 0.15) is 0 Å². The number of methoxy groups -OCH3 is 1. The molecule has 1 heteroatoms. The zero-order valence-electron chi connectivity index (χ0n) is 13.8. The lowest BCUT2D eigenvalue weighted by atomic mass is 9.83. The molecule has 0 fully saturated rings. The summed E-state index contributed by atoms with van der Waals surface area (Å²) in [6.07, 6.45) is 15.2. The standard InChI is InChI=1S/C22H24O/c1-23-14-4-5-16-8-9-18-11-12-20-19-7-3-2-6-17(19)10-13-21(20)22(18)15-16/h3,6-7,9-13,16H,2,4-5,8,14-15H2,1H3. The van der Waals surface area contributed by atoms with Crippen molar-refractivity contribution in [2.24, 2.45) is 5.92 Å². The zero-order valence-corrected chi connectivity index (χ0v) is 13.8. The molecule has 2 aliphatic carbocycles. The molecule has 0 bridgehead atoms. The minimum Gasteiger partial charge on any atom is -0.385 e. The molecule has 0 saturated heterocycles. The molecule has 2 aromatic carbocycles. The van der Waals surface area contributed by atoms with Crippen LogP contribution in [0.25, 0.3) is 29.0 Å². The van der Waals surface area contributed by atoms with Crippen LogP contribution in [0.15, 0.2) is 30.3 Å². The maximum atomic E-state index is 5.21. The second-order valence-corrected chi connectivity index (χ2v) is 6.78. The maximum absolute atomic E-state index is 5.21. The van der Waals surface area contributed by atoms with Gasteiger partial charge in [0, 0.05) is 13.7 Å². The molecule has 0 spiro atoms. The molecule has 0 radical (unpaired) electrons. The summed E-state index contributed by atoms with van der Waals surface area (Å²) in [5.74, 6) is 0.765. The first-order valence-corrected chi connectivity index (χ1v) is 8.77. The van der Waals surface area contributed by atoms with E-state index < -0.39 is 0 Å². The highest BCUT2D eigenvalue weighted by molar-refractivity contribution is 5.94. The van der Waals surface area contributed by atoms with Crippen LogP contribution in [0.1, 0.15) is 36.8 Å². The maximum Gasteiger partial charge on any atom is 0.0462 e. The molecule has 1 atom stereocenters. The predicted octanol–water partition coefficient (Wildman–Crippen LogP) is 3.81. The fraction of sp³-hybridized carbons (Fsp3) is 0.364. The van der Waals surface area contributed by atoms with E-state index in [0.717, 1.165) is 18.9 Å². The molecule has 4 rings (SSSR count). The van der Waals surface area contributed by atoms with E-state index in [-0.39, 0.29) is 0 Å². The third kappa shape index (κ3) is 2.74. The SMILES string of the molecule is COCCCC1CC=c2ccc3c4c(ccc3c2C1)=CCC=C4. The molecule has 0 heterocycles. The third-order valence-corrected chi connectivity index (χ3v) is 5.31. The molecule has 0 aliphatic heterocycles. The lowest BCUT2D eigenvalue weighted by molar-refractivity contribution is 0.187. The van der Waals surface area contributed by atoms with Crippen LogP contribution in [0.5, 0.6) is 0 Å². The number of allylic oxidation sites excluding steroid dienone is 1. The Morgan fingerprint density at radius 3 is 2.83 bits per heavy atom. The van der Waals surface area contributed by atoms with Crippen molar-refractivity contribution in [2.45, 2.75) is 32.1 Å². The molecular weight excluding hydrogens is 280 g/mol. The average molecular weight is 304 g/mol. The first kappa shape index (κ1) is 14.7. The van der Waals surface area contributed by atoms with Crippen LogP contribution >= 0.6 is 0 Å². The monoisotopic (exact) mass is 304 g/mol. The smallest absolute Gasteiger partial charge is 0.0462 e. The van der Waals surface area contributed by atoms with Crippen molar-refractivity contribution >= 4 is 29.0 Å². The van der Waals surface area contributed by atoms with Crippen LogP contribution < -0.4 is 10.4 Å². The van der Waals surface area contributed by atoms with Crippen molar-refractivity contribution in [2.75, 3.05) is 13.7 Å². The van der Waals surface area contributed by atoms with Crippen molar-refractivity contribution in [3.63, 3.8) is 0 Å². The summed E-state index contributed by atoms with van der Waals surface area (Å²) in [4.78, 5) is 0. The van der Waals surface area contributed by atoms with E-state index in [1.165, 1.54) is 52.5 Å². The lowest BCUT2D eigenvalue weighted by Crippen LogP contribution is -2.21. The summed E-state index contributed by atoms with van der Waals surface area (Å²) < 4.78 is 5.21. The molecule has 0 aromatic heterocycles. The Kier molecular flexibility index (Phi) is 4.05. The Morgan fingerprint density at radius 2 is 1.91 bits per heavy atom. The number of benzene rings is 2. The van der Waals surface area contributed by atoms with Crippen LogP contribution in [-0.4, -0.2) is 13.7 Å². The minimum atomic E-state index is 0.765. The molecule has 0 saturated carbocycles. The van der Waals surface area contributed by atoms with E-state index in [1.807, 2.05) is 0 Å². The van der Waals surface area contributed by atoms with E-state index in [1.54, 1.807) is 12.7 Å². The second kappa shape index (κ2) is 6.33. The summed E-state index contributed by atoms with van der Waals surface area (Å²) in [6.45, 7) is 0.882. The van der Waals surface area contributed by atoms with Crippen LogP contribution in [0.3, 0.4) is 0 Å². The van der Waals surface area contributed by atoms with Gasteiger partial charge in [-0.25, -0.2) is 0 Å². The van der Waals surface area contributed by atoms with Gasteiger partial charge in [-0.05, 0) is 70.4 Å². The van der Waals surface area contributed by atoms with Gasteiger partial charge in [-0.2, -0.15) is 0 Å². The number of hydrogen-bond acceptors (Lipinski definition) is 1. The van der Waals surface area contributed by atoms with Crippen molar-refractivity contribution in [3.8, 4) is 0 Å². The van der Waals surface area contributed by atoms with E-state index in [0.29, 0.717) is 0 Å². The largest absolute Gasteiger partial charge is 0.385 e. The quantitative estimate of drug-likeness (QED) is 0.781. The molecular formula is C22H24O. The minimum absolute atomic E-state index is 0.765. The third-order valence-electron chi connectivity index (χ3n) is 5.31. The number of ether oxygens (including phenoxy) is 1. The van der Waals surface area contributed by atoms with Gasteiger partial charge in [-0.15, -0.1) is 0 Å². The second-order valence-electron chi connectivity index (χ2n) is 6.78. The molecule has 0 N–H and O–H groups in total. The Hall–Kier alpha value is -1.86. The van der Waals surface area contributed by atoms with Gasteiger partial charge in [-0.3, -0.25) is 0 Å². The summed E-state index contributed by atoms with van der Waals surface area (Å²) in [7, 11) is 1.80. The summed E-state index contributed by atoms with van der Waals surface area (Å²) in [6, 6.07) is 9.29. The lowest BCUT2D eigenvalue weighted by Gasteiger charge is -2.22. The van der Waals surface area contributed by atoms with Crippen molar-refractivity contribution in [3.05, 3.63) is 51.9 Å². The van der Waals surface area contributed by atoms with Gasteiger partial charge >= 0.3 is 0 Å². The van der Waals surface area contributed by atoms with Crippen molar-refractivity contribution in [1.82, 2.24) is 0 Å². The predicted molar refractivity (Wildman–Crippen MR) is 98.7 cm³/mol. The van der Waals surface area contributed by atoms with Crippen LogP contribution in [0.2, 0.25) is 0 Å². The molecule has 2 aliphatic rings.